The number of aromatic nitrogens is 1. The summed E-state index contributed by atoms with van der Waals surface area (Å²) in [5, 5.41) is 3.15. The summed E-state index contributed by atoms with van der Waals surface area (Å²) in [5.74, 6) is 0.767. The van der Waals surface area contributed by atoms with E-state index in [0.29, 0.717) is 37.1 Å². The minimum atomic E-state index is -0.348. The maximum Gasteiger partial charge on any atom is 0.341 e. The summed E-state index contributed by atoms with van der Waals surface area (Å²) in [6, 6.07) is 3.44. The van der Waals surface area contributed by atoms with Crippen molar-refractivity contribution in [3.63, 3.8) is 0 Å². The van der Waals surface area contributed by atoms with Crippen LogP contribution < -0.4 is 5.32 Å². The van der Waals surface area contributed by atoms with Gasteiger partial charge in [-0.05, 0) is 31.4 Å². The van der Waals surface area contributed by atoms with Gasteiger partial charge in [-0.1, -0.05) is 13.8 Å². The van der Waals surface area contributed by atoms with Crippen LogP contribution in [0.25, 0.3) is 0 Å². The molecule has 0 radical (unpaired) electrons. The SMILES string of the molecule is CCOC(=O)c1cccnc1NCCCOCC(C)C. The molecular formula is C15H24N2O3. The van der Waals surface area contributed by atoms with Crippen LogP contribution in [0.15, 0.2) is 18.3 Å². The summed E-state index contributed by atoms with van der Waals surface area (Å²) in [7, 11) is 0. The second kappa shape index (κ2) is 9.31. The number of hydrogen-bond donors (Lipinski definition) is 1. The van der Waals surface area contributed by atoms with Crippen LogP contribution in [-0.2, 0) is 9.47 Å². The number of carbonyl (C=O) groups excluding carboxylic acids is 1. The number of carbonyl (C=O) groups is 1. The molecule has 0 saturated heterocycles. The first kappa shape index (κ1) is 16.4. The molecule has 0 aromatic carbocycles. The number of rotatable bonds is 9. The van der Waals surface area contributed by atoms with Gasteiger partial charge in [0.2, 0.25) is 0 Å². The Morgan fingerprint density at radius 2 is 2.25 bits per heavy atom. The largest absolute Gasteiger partial charge is 0.462 e. The van der Waals surface area contributed by atoms with Crippen molar-refractivity contribution in [3.8, 4) is 0 Å². The lowest BCUT2D eigenvalue weighted by Crippen LogP contribution is -2.13. The third-order valence-corrected chi connectivity index (χ3v) is 2.51. The molecule has 0 aliphatic rings. The van der Waals surface area contributed by atoms with Crippen molar-refractivity contribution in [1.29, 1.82) is 0 Å². The maximum atomic E-state index is 11.7. The summed E-state index contributed by atoms with van der Waals surface area (Å²) >= 11 is 0. The Bertz CT molecular complexity index is 408. The van der Waals surface area contributed by atoms with E-state index >= 15 is 0 Å². The molecule has 0 aliphatic carbocycles. The summed E-state index contributed by atoms with van der Waals surface area (Å²) in [5.41, 5.74) is 0.470. The van der Waals surface area contributed by atoms with Crippen molar-refractivity contribution in [1.82, 2.24) is 4.98 Å². The zero-order valence-electron chi connectivity index (χ0n) is 12.5. The highest BCUT2D eigenvalue weighted by atomic mass is 16.5. The molecule has 0 amide bonds. The molecule has 0 bridgehead atoms. The summed E-state index contributed by atoms with van der Waals surface area (Å²) in [6.45, 7) is 8.57. The number of esters is 1. The second-order valence-electron chi connectivity index (χ2n) is 4.87. The van der Waals surface area contributed by atoms with Crippen molar-refractivity contribution >= 4 is 11.8 Å². The molecule has 1 aromatic rings. The molecule has 112 valence electrons. The number of nitrogens with zero attached hydrogens (tertiary/aromatic N) is 1. The molecule has 0 atom stereocenters. The molecule has 5 heteroatoms. The van der Waals surface area contributed by atoms with E-state index in [4.69, 9.17) is 9.47 Å². The minimum Gasteiger partial charge on any atom is -0.462 e. The van der Waals surface area contributed by atoms with Crippen molar-refractivity contribution in [2.24, 2.45) is 5.92 Å². The van der Waals surface area contributed by atoms with Gasteiger partial charge in [0.15, 0.2) is 0 Å². The summed E-state index contributed by atoms with van der Waals surface area (Å²) in [6.07, 6.45) is 2.52. The maximum absolute atomic E-state index is 11.7. The van der Waals surface area contributed by atoms with Gasteiger partial charge < -0.3 is 14.8 Å². The number of nitrogens with one attached hydrogen (secondary N) is 1. The average molecular weight is 280 g/mol. The quantitative estimate of drug-likeness (QED) is 0.556. The fraction of sp³-hybridized carbons (Fsp3) is 0.600. The van der Waals surface area contributed by atoms with E-state index < -0.39 is 0 Å². The normalized spacial score (nSPS) is 10.6. The van der Waals surface area contributed by atoms with E-state index in [1.165, 1.54) is 0 Å². The highest BCUT2D eigenvalue weighted by Gasteiger charge is 2.12. The van der Waals surface area contributed by atoms with Crippen LogP contribution in [0.3, 0.4) is 0 Å². The van der Waals surface area contributed by atoms with E-state index in [1.807, 2.05) is 0 Å². The topological polar surface area (TPSA) is 60.5 Å². The molecule has 0 spiro atoms. The first-order chi connectivity index (χ1) is 9.65. The zero-order valence-corrected chi connectivity index (χ0v) is 12.5. The van der Waals surface area contributed by atoms with Crippen LogP contribution in [0.2, 0.25) is 0 Å². The van der Waals surface area contributed by atoms with E-state index in [9.17, 15) is 4.79 Å². The second-order valence-corrected chi connectivity index (χ2v) is 4.87. The van der Waals surface area contributed by atoms with Crippen molar-refractivity contribution in [2.75, 3.05) is 31.7 Å². The van der Waals surface area contributed by atoms with Crippen LogP contribution in [0.5, 0.6) is 0 Å². The van der Waals surface area contributed by atoms with Gasteiger partial charge in [0.05, 0.1) is 6.61 Å². The number of anilines is 1. The summed E-state index contributed by atoms with van der Waals surface area (Å²) in [4.78, 5) is 15.9. The van der Waals surface area contributed by atoms with Crippen LogP contribution >= 0.6 is 0 Å². The predicted octanol–water partition coefficient (Wildman–Crippen LogP) is 2.73. The van der Waals surface area contributed by atoms with Crippen molar-refractivity contribution in [3.05, 3.63) is 23.9 Å². The molecule has 1 aromatic heterocycles. The third kappa shape index (κ3) is 6.02. The predicted molar refractivity (Wildman–Crippen MR) is 79.0 cm³/mol. The fourth-order valence-corrected chi connectivity index (χ4v) is 1.62. The Hall–Kier alpha value is -1.62. The molecule has 20 heavy (non-hydrogen) atoms. The van der Waals surface area contributed by atoms with Crippen LogP contribution in [0, 0.1) is 5.92 Å². The molecular weight excluding hydrogens is 256 g/mol. The van der Waals surface area contributed by atoms with Gasteiger partial charge in [-0.25, -0.2) is 9.78 Å². The molecule has 1 rings (SSSR count). The van der Waals surface area contributed by atoms with Gasteiger partial charge in [-0.2, -0.15) is 0 Å². The van der Waals surface area contributed by atoms with Gasteiger partial charge >= 0.3 is 5.97 Å². The molecule has 0 aliphatic heterocycles. The summed E-state index contributed by atoms with van der Waals surface area (Å²) < 4.78 is 10.5. The highest BCUT2D eigenvalue weighted by molar-refractivity contribution is 5.94. The zero-order chi connectivity index (χ0) is 14.8. The van der Waals surface area contributed by atoms with Gasteiger partial charge in [-0.15, -0.1) is 0 Å². The van der Waals surface area contributed by atoms with E-state index in [1.54, 1.807) is 25.3 Å². The number of pyridine rings is 1. The van der Waals surface area contributed by atoms with Crippen molar-refractivity contribution in [2.45, 2.75) is 27.2 Å². The highest BCUT2D eigenvalue weighted by Crippen LogP contribution is 2.12. The number of ether oxygens (including phenoxy) is 2. The molecule has 0 fully saturated rings. The fourth-order valence-electron chi connectivity index (χ4n) is 1.62. The first-order valence-corrected chi connectivity index (χ1v) is 7.09. The van der Waals surface area contributed by atoms with E-state index in [0.717, 1.165) is 13.0 Å². The average Bonchev–Trinajstić information content (AvgIpc) is 2.43. The van der Waals surface area contributed by atoms with Gasteiger partial charge in [0, 0.05) is 26.0 Å². The van der Waals surface area contributed by atoms with Crippen molar-refractivity contribution < 1.29 is 14.3 Å². The van der Waals surface area contributed by atoms with Crippen LogP contribution in [-0.4, -0.2) is 37.3 Å². The lowest BCUT2D eigenvalue weighted by molar-refractivity contribution is 0.0527. The third-order valence-electron chi connectivity index (χ3n) is 2.51. The molecule has 0 saturated carbocycles. The van der Waals surface area contributed by atoms with Gasteiger partial charge in [0.25, 0.3) is 0 Å². The Labute approximate surface area is 120 Å². The Morgan fingerprint density at radius 3 is 2.95 bits per heavy atom. The van der Waals surface area contributed by atoms with Gasteiger partial charge in [0.1, 0.15) is 11.4 Å². The molecule has 5 nitrogen and oxygen atoms in total. The molecule has 1 heterocycles. The van der Waals surface area contributed by atoms with E-state index in [2.05, 4.69) is 24.1 Å². The Morgan fingerprint density at radius 1 is 1.45 bits per heavy atom. The van der Waals surface area contributed by atoms with E-state index in [-0.39, 0.29) is 5.97 Å². The van der Waals surface area contributed by atoms with Crippen LogP contribution in [0.1, 0.15) is 37.6 Å². The lowest BCUT2D eigenvalue weighted by Gasteiger charge is -2.10. The first-order valence-electron chi connectivity index (χ1n) is 7.09. The monoisotopic (exact) mass is 280 g/mol. The lowest BCUT2D eigenvalue weighted by atomic mass is 10.2. The Balaban J connectivity index is 2.38. The molecule has 1 N–H and O–H groups in total. The standard InChI is InChI=1S/C15H24N2O3/c1-4-20-15(18)13-7-5-8-16-14(13)17-9-6-10-19-11-12(2)3/h5,7-8,12H,4,6,9-11H2,1-3H3,(H,16,17). The van der Waals surface area contributed by atoms with Crippen LogP contribution in [0.4, 0.5) is 5.82 Å². The van der Waals surface area contributed by atoms with Gasteiger partial charge in [-0.3, -0.25) is 0 Å². The smallest absolute Gasteiger partial charge is 0.341 e. The Kier molecular flexibility index (Phi) is 7.65. The minimum absolute atomic E-state index is 0.348. The molecule has 0 unspecified atom stereocenters. The number of hydrogen-bond acceptors (Lipinski definition) is 5.